The summed E-state index contributed by atoms with van der Waals surface area (Å²) >= 11 is 8.15. The number of allylic oxidation sites excluding steroid dienone is 1. The SMILES string of the molecule is CC1C(Cl)=C(CCC2c3ccccc3S(=O)N2C)SN1C. The summed E-state index contributed by atoms with van der Waals surface area (Å²) in [5.74, 6) is 0. The van der Waals surface area contributed by atoms with Crippen molar-refractivity contribution in [3.63, 3.8) is 0 Å². The van der Waals surface area contributed by atoms with Crippen molar-refractivity contribution in [3.05, 3.63) is 39.8 Å². The molecule has 0 radical (unpaired) electrons. The van der Waals surface area contributed by atoms with Crippen LogP contribution in [0.25, 0.3) is 0 Å². The second kappa shape index (κ2) is 6.05. The second-order valence-electron chi connectivity index (χ2n) is 5.47. The minimum Gasteiger partial charge on any atom is -0.242 e. The normalized spacial score (nSPS) is 30.2. The zero-order valence-electron chi connectivity index (χ0n) is 12.4. The van der Waals surface area contributed by atoms with Crippen LogP contribution < -0.4 is 0 Å². The van der Waals surface area contributed by atoms with Gasteiger partial charge in [0.2, 0.25) is 0 Å². The molecule has 21 heavy (non-hydrogen) atoms. The van der Waals surface area contributed by atoms with Crippen LogP contribution in [0, 0.1) is 0 Å². The van der Waals surface area contributed by atoms with Gasteiger partial charge in [-0.25, -0.2) is 12.8 Å². The third-order valence-electron chi connectivity index (χ3n) is 4.24. The van der Waals surface area contributed by atoms with Gasteiger partial charge in [-0.15, -0.1) is 0 Å². The smallest absolute Gasteiger partial charge is 0.128 e. The summed E-state index contributed by atoms with van der Waals surface area (Å²) in [4.78, 5) is 2.20. The summed E-state index contributed by atoms with van der Waals surface area (Å²) in [6, 6.07) is 8.53. The predicted molar refractivity (Wildman–Crippen MR) is 90.3 cm³/mol. The first-order valence-electron chi connectivity index (χ1n) is 7.03. The van der Waals surface area contributed by atoms with Gasteiger partial charge >= 0.3 is 0 Å². The molecular formula is C15H19ClN2OS2. The Morgan fingerprint density at radius 2 is 2.05 bits per heavy atom. The van der Waals surface area contributed by atoms with Crippen molar-refractivity contribution in [2.24, 2.45) is 0 Å². The van der Waals surface area contributed by atoms with Crippen LogP contribution in [0.4, 0.5) is 0 Å². The molecule has 0 saturated heterocycles. The third kappa shape index (κ3) is 2.70. The molecule has 0 N–H and O–H groups in total. The van der Waals surface area contributed by atoms with Crippen LogP contribution >= 0.6 is 23.5 Å². The highest BCUT2D eigenvalue weighted by atomic mass is 35.5. The van der Waals surface area contributed by atoms with E-state index in [0.717, 1.165) is 22.8 Å². The number of likely N-dealkylation sites (N-methyl/N-ethyl adjacent to an activating group) is 1. The zero-order chi connectivity index (χ0) is 15.1. The van der Waals surface area contributed by atoms with Crippen LogP contribution in [0.15, 0.2) is 39.1 Å². The molecule has 2 aliphatic rings. The van der Waals surface area contributed by atoms with Gasteiger partial charge in [0.05, 0.1) is 10.9 Å². The maximum absolute atomic E-state index is 12.4. The molecule has 3 atom stereocenters. The van der Waals surface area contributed by atoms with E-state index in [0.29, 0.717) is 0 Å². The average Bonchev–Trinajstić information content (AvgIpc) is 2.87. The van der Waals surface area contributed by atoms with E-state index >= 15 is 0 Å². The highest BCUT2D eigenvalue weighted by Gasteiger charge is 2.34. The fourth-order valence-electron chi connectivity index (χ4n) is 2.84. The monoisotopic (exact) mass is 342 g/mol. The highest BCUT2D eigenvalue weighted by molar-refractivity contribution is 8.01. The fraction of sp³-hybridized carbons (Fsp3) is 0.467. The predicted octanol–water partition coefficient (Wildman–Crippen LogP) is 3.91. The van der Waals surface area contributed by atoms with Crippen molar-refractivity contribution in [1.29, 1.82) is 0 Å². The summed E-state index contributed by atoms with van der Waals surface area (Å²) in [6.07, 6.45) is 1.87. The topological polar surface area (TPSA) is 23.6 Å². The number of hydrogen-bond acceptors (Lipinski definition) is 3. The molecule has 0 spiro atoms. The lowest BCUT2D eigenvalue weighted by Gasteiger charge is -2.19. The van der Waals surface area contributed by atoms with E-state index in [-0.39, 0.29) is 12.1 Å². The van der Waals surface area contributed by atoms with Gasteiger partial charge in [0, 0.05) is 23.0 Å². The lowest BCUT2D eigenvalue weighted by Crippen LogP contribution is -2.19. The van der Waals surface area contributed by atoms with E-state index in [9.17, 15) is 4.21 Å². The first kappa shape index (κ1) is 15.6. The number of hydrogen-bond donors (Lipinski definition) is 0. The molecule has 6 heteroatoms. The molecule has 0 aliphatic carbocycles. The molecule has 2 heterocycles. The molecule has 1 aromatic carbocycles. The fourth-order valence-corrected chi connectivity index (χ4v) is 5.68. The van der Waals surface area contributed by atoms with Crippen LogP contribution in [-0.4, -0.2) is 33.0 Å². The maximum Gasteiger partial charge on any atom is 0.128 e. The molecular weight excluding hydrogens is 324 g/mol. The number of nitrogens with zero attached hydrogens (tertiary/aromatic N) is 2. The summed E-state index contributed by atoms with van der Waals surface area (Å²) in [7, 11) is 2.97. The van der Waals surface area contributed by atoms with Gasteiger partial charge in [-0.05, 0) is 50.4 Å². The van der Waals surface area contributed by atoms with Crippen LogP contribution in [0.5, 0.6) is 0 Å². The van der Waals surface area contributed by atoms with Crippen LogP contribution in [0.2, 0.25) is 0 Å². The Kier molecular flexibility index (Phi) is 4.48. The van der Waals surface area contributed by atoms with Crippen molar-refractivity contribution in [3.8, 4) is 0 Å². The van der Waals surface area contributed by atoms with Crippen molar-refractivity contribution in [1.82, 2.24) is 8.61 Å². The molecule has 1 aromatic rings. The Morgan fingerprint density at radius 3 is 2.71 bits per heavy atom. The van der Waals surface area contributed by atoms with Gasteiger partial charge in [-0.3, -0.25) is 0 Å². The van der Waals surface area contributed by atoms with E-state index < -0.39 is 11.0 Å². The minimum absolute atomic E-state index is 0.209. The molecule has 0 saturated carbocycles. The van der Waals surface area contributed by atoms with Gasteiger partial charge < -0.3 is 0 Å². The molecule has 3 unspecified atom stereocenters. The Hall–Kier alpha value is -0.330. The summed E-state index contributed by atoms with van der Waals surface area (Å²) < 4.78 is 16.5. The largest absolute Gasteiger partial charge is 0.242 e. The quantitative estimate of drug-likeness (QED) is 0.778. The number of halogens is 1. The summed E-state index contributed by atoms with van der Waals surface area (Å²) in [6.45, 7) is 2.12. The van der Waals surface area contributed by atoms with Crippen molar-refractivity contribution < 1.29 is 4.21 Å². The molecule has 0 amide bonds. The van der Waals surface area contributed by atoms with Gasteiger partial charge in [0.15, 0.2) is 0 Å². The molecule has 2 aliphatic heterocycles. The Morgan fingerprint density at radius 1 is 1.33 bits per heavy atom. The molecule has 0 aromatic heterocycles. The molecule has 3 nitrogen and oxygen atoms in total. The second-order valence-corrected chi connectivity index (χ2v) is 8.64. The van der Waals surface area contributed by atoms with Crippen LogP contribution in [-0.2, 0) is 11.0 Å². The van der Waals surface area contributed by atoms with Crippen molar-refractivity contribution in [2.45, 2.75) is 36.7 Å². The average molecular weight is 343 g/mol. The van der Waals surface area contributed by atoms with E-state index in [4.69, 9.17) is 11.6 Å². The zero-order valence-corrected chi connectivity index (χ0v) is 14.8. The lowest BCUT2D eigenvalue weighted by molar-refractivity contribution is 0.395. The van der Waals surface area contributed by atoms with Gasteiger partial charge in [0.1, 0.15) is 11.0 Å². The number of benzene rings is 1. The third-order valence-corrected chi connectivity index (χ3v) is 7.67. The summed E-state index contributed by atoms with van der Waals surface area (Å²) in [5, 5.41) is 0.956. The van der Waals surface area contributed by atoms with E-state index in [1.54, 1.807) is 11.9 Å². The Labute approximate surface area is 138 Å². The number of fused-ring (bicyclic) bond motifs is 1. The first-order valence-corrected chi connectivity index (χ1v) is 9.29. The number of rotatable bonds is 3. The van der Waals surface area contributed by atoms with Gasteiger partial charge in [0.25, 0.3) is 0 Å². The van der Waals surface area contributed by atoms with Crippen LogP contribution in [0.3, 0.4) is 0 Å². The van der Waals surface area contributed by atoms with Crippen molar-refractivity contribution in [2.75, 3.05) is 14.1 Å². The maximum atomic E-state index is 12.4. The molecule has 0 bridgehead atoms. The summed E-state index contributed by atoms with van der Waals surface area (Å²) in [5.41, 5.74) is 1.19. The Bertz CT molecular complexity index is 619. The van der Waals surface area contributed by atoms with E-state index in [2.05, 4.69) is 24.3 Å². The molecule has 3 rings (SSSR count). The van der Waals surface area contributed by atoms with Crippen LogP contribution in [0.1, 0.15) is 31.4 Å². The molecule has 114 valence electrons. The Balaban J connectivity index is 1.76. The van der Waals surface area contributed by atoms with Gasteiger partial charge in [-0.1, -0.05) is 29.8 Å². The first-order chi connectivity index (χ1) is 10.0. The van der Waals surface area contributed by atoms with Gasteiger partial charge in [-0.2, -0.15) is 0 Å². The standard InChI is InChI=1S/C15H19ClN2OS2/c1-10-15(16)13(20-17(10)2)9-8-12-11-6-4-5-7-14(11)21(19)18(12)3/h4-7,10,12H,8-9H2,1-3H3. The van der Waals surface area contributed by atoms with E-state index in [1.807, 2.05) is 29.6 Å². The minimum atomic E-state index is -1.03. The highest BCUT2D eigenvalue weighted by Crippen LogP contribution is 2.44. The molecule has 0 fully saturated rings. The lowest BCUT2D eigenvalue weighted by atomic mass is 10.0. The van der Waals surface area contributed by atoms with E-state index in [1.165, 1.54) is 10.5 Å². The van der Waals surface area contributed by atoms with Crippen molar-refractivity contribution >= 4 is 34.5 Å².